The quantitative estimate of drug-likeness (QED) is 0.746. The molecule has 1 aliphatic rings. The molecular weight excluding hydrogens is 270 g/mol. The van der Waals surface area contributed by atoms with Crippen LogP contribution in [0.1, 0.15) is 22.8 Å². The van der Waals surface area contributed by atoms with Gasteiger partial charge in [-0.2, -0.15) is 0 Å². The van der Waals surface area contributed by atoms with Crippen molar-refractivity contribution in [2.75, 3.05) is 26.2 Å². The minimum atomic E-state index is -0.550. The van der Waals surface area contributed by atoms with Gasteiger partial charge in [-0.25, -0.2) is 0 Å². The summed E-state index contributed by atoms with van der Waals surface area (Å²) in [5, 5.41) is 15.9. The number of amides is 2. The summed E-state index contributed by atoms with van der Waals surface area (Å²) in [7, 11) is 0. The Balaban J connectivity index is 2.26. The van der Waals surface area contributed by atoms with Crippen LogP contribution in [0.5, 0.6) is 5.75 Å². The molecule has 2 amide bonds. The van der Waals surface area contributed by atoms with Crippen LogP contribution >= 0.6 is 0 Å². The van der Waals surface area contributed by atoms with Gasteiger partial charge in [-0.3, -0.25) is 9.59 Å². The number of likely N-dealkylation sites (N-methyl/N-ethyl adjacent to an activating group) is 1. The zero-order chi connectivity index (χ0) is 15.4. The van der Waals surface area contributed by atoms with E-state index in [4.69, 9.17) is 0 Å². The van der Waals surface area contributed by atoms with Crippen molar-refractivity contribution in [3.8, 4) is 5.75 Å². The Bertz CT molecular complexity index is 545. The van der Waals surface area contributed by atoms with E-state index in [2.05, 4.69) is 10.6 Å². The Morgan fingerprint density at radius 3 is 2.95 bits per heavy atom. The maximum Gasteiger partial charge on any atom is 0.258 e. The van der Waals surface area contributed by atoms with Crippen molar-refractivity contribution >= 4 is 11.8 Å². The third-order valence-corrected chi connectivity index (χ3v) is 3.63. The van der Waals surface area contributed by atoms with Crippen molar-refractivity contribution in [3.63, 3.8) is 0 Å². The molecule has 0 spiro atoms. The van der Waals surface area contributed by atoms with E-state index < -0.39 is 6.04 Å². The molecule has 21 heavy (non-hydrogen) atoms. The summed E-state index contributed by atoms with van der Waals surface area (Å²) in [5.41, 5.74) is 0.886. The average molecular weight is 291 g/mol. The van der Waals surface area contributed by atoms with Crippen molar-refractivity contribution < 1.29 is 14.7 Å². The van der Waals surface area contributed by atoms with Crippen molar-refractivity contribution in [3.05, 3.63) is 29.3 Å². The smallest absolute Gasteiger partial charge is 0.258 e. The maximum atomic E-state index is 12.7. The van der Waals surface area contributed by atoms with Gasteiger partial charge in [0.2, 0.25) is 5.91 Å². The first-order chi connectivity index (χ1) is 10.1. The molecule has 6 nitrogen and oxygen atoms in total. The minimum absolute atomic E-state index is 0.0179. The second kappa shape index (κ2) is 6.58. The maximum absolute atomic E-state index is 12.7. The highest BCUT2D eigenvalue weighted by Crippen LogP contribution is 2.24. The number of phenolic OH excluding ortho intramolecular Hbond substituents is 1. The highest BCUT2D eigenvalue weighted by Gasteiger charge is 2.33. The van der Waals surface area contributed by atoms with E-state index in [1.54, 1.807) is 25.1 Å². The number of benzene rings is 1. The molecule has 1 unspecified atom stereocenters. The van der Waals surface area contributed by atoms with Gasteiger partial charge in [0.25, 0.3) is 5.91 Å². The number of aromatic hydroxyl groups is 1. The predicted octanol–water partition coefficient (Wildman–Crippen LogP) is 0.251. The number of piperazine rings is 1. The molecule has 0 bridgehead atoms. The fraction of sp³-hybridized carbons (Fsp3) is 0.467. The van der Waals surface area contributed by atoms with Crippen molar-refractivity contribution in [1.82, 2.24) is 15.5 Å². The zero-order valence-electron chi connectivity index (χ0n) is 12.3. The fourth-order valence-electron chi connectivity index (χ4n) is 2.46. The van der Waals surface area contributed by atoms with Gasteiger partial charge >= 0.3 is 0 Å². The standard InChI is InChI=1S/C15H21N3O3/c1-3-17-14(20)12-9-16-7-8-18(12)15(21)11-6-4-5-10(2)13(11)19/h4-6,12,16,19H,3,7-9H2,1-2H3,(H,17,20). The topological polar surface area (TPSA) is 81.7 Å². The lowest BCUT2D eigenvalue weighted by Gasteiger charge is -2.35. The van der Waals surface area contributed by atoms with Gasteiger partial charge in [-0.1, -0.05) is 12.1 Å². The first-order valence-electron chi connectivity index (χ1n) is 7.14. The Hall–Kier alpha value is -2.08. The third-order valence-electron chi connectivity index (χ3n) is 3.63. The molecule has 3 N–H and O–H groups in total. The van der Waals surface area contributed by atoms with Crippen LogP contribution in [0.15, 0.2) is 18.2 Å². The molecule has 0 radical (unpaired) electrons. The van der Waals surface area contributed by atoms with E-state index in [9.17, 15) is 14.7 Å². The highest BCUT2D eigenvalue weighted by molar-refractivity contribution is 6.00. The molecule has 1 atom stereocenters. The van der Waals surface area contributed by atoms with Gasteiger partial charge in [-0.15, -0.1) is 0 Å². The summed E-state index contributed by atoms with van der Waals surface area (Å²) < 4.78 is 0. The van der Waals surface area contributed by atoms with E-state index in [1.807, 2.05) is 6.92 Å². The minimum Gasteiger partial charge on any atom is -0.507 e. The van der Waals surface area contributed by atoms with E-state index in [-0.39, 0.29) is 23.1 Å². The number of phenols is 1. The van der Waals surface area contributed by atoms with Gasteiger partial charge in [-0.05, 0) is 25.5 Å². The Kier molecular flexibility index (Phi) is 4.80. The second-order valence-electron chi connectivity index (χ2n) is 5.08. The third kappa shape index (κ3) is 3.16. The summed E-state index contributed by atoms with van der Waals surface area (Å²) in [5.74, 6) is -0.505. The number of para-hydroxylation sites is 1. The van der Waals surface area contributed by atoms with Crippen LogP contribution in [0.25, 0.3) is 0 Å². The SMILES string of the molecule is CCNC(=O)C1CNCCN1C(=O)c1cccc(C)c1O. The highest BCUT2D eigenvalue weighted by atomic mass is 16.3. The summed E-state index contributed by atoms with van der Waals surface area (Å²) in [6.45, 7) is 5.59. The van der Waals surface area contributed by atoms with Crippen LogP contribution < -0.4 is 10.6 Å². The molecule has 114 valence electrons. The second-order valence-corrected chi connectivity index (χ2v) is 5.08. The van der Waals surface area contributed by atoms with Crippen LogP contribution in [-0.4, -0.2) is 54.0 Å². The lowest BCUT2D eigenvalue weighted by molar-refractivity contribution is -0.126. The van der Waals surface area contributed by atoms with Crippen molar-refractivity contribution in [1.29, 1.82) is 0 Å². The van der Waals surface area contributed by atoms with Gasteiger partial charge in [0.1, 0.15) is 11.8 Å². The first kappa shape index (κ1) is 15.3. The molecule has 0 aromatic heterocycles. The molecule has 1 heterocycles. The molecule has 1 fully saturated rings. The number of carbonyl (C=O) groups excluding carboxylic acids is 2. The summed E-state index contributed by atoms with van der Waals surface area (Å²) in [6.07, 6.45) is 0. The Morgan fingerprint density at radius 2 is 2.24 bits per heavy atom. The molecular formula is C15H21N3O3. The number of rotatable bonds is 3. The van der Waals surface area contributed by atoms with Gasteiger partial charge in [0, 0.05) is 26.2 Å². The lowest BCUT2D eigenvalue weighted by Crippen LogP contribution is -2.59. The molecule has 1 aromatic carbocycles. The molecule has 1 aliphatic heterocycles. The largest absolute Gasteiger partial charge is 0.507 e. The van der Waals surface area contributed by atoms with Crippen LogP contribution in [0.2, 0.25) is 0 Å². The first-order valence-corrected chi connectivity index (χ1v) is 7.14. The van der Waals surface area contributed by atoms with Crippen LogP contribution in [-0.2, 0) is 4.79 Å². The number of carbonyl (C=O) groups is 2. The fourth-order valence-corrected chi connectivity index (χ4v) is 2.46. The number of hydrogen-bond acceptors (Lipinski definition) is 4. The van der Waals surface area contributed by atoms with Crippen LogP contribution in [0.3, 0.4) is 0 Å². The number of aryl methyl sites for hydroxylation is 1. The van der Waals surface area contributed by atoms with Crippen LogP contribution in [0, 0.1) is 6.92 Å². The number of nitrogens with zero attached hydrogens (tertiary/aromatic N) is 1. The number of nitrogens with one attached hydrogen (secondary N) is 2. The Morgan fingerprint density at radius 1 is 1.48 bits per heavy atom. The monoisotopic (exact) mass is 291 g/mol. The van der Waals surface area contributed by atoms with Gasteiger partial charge in [0.15, 0.2) is 0 Å². The van der Waals surface area contributed by atoms with Crippen LogP contribution in [0.4, 0.5) is 0 Å². The van der Waals surface area contributed by atoms with E-state index in [1.165, 1.54) is 4.90 Å². The van der Waals surface area contributed by atoms with E-state index >= 15 is 0 Å². The molecule has 1 aromatic rings. The molecule has 0 aliphatic carbocycles. The molecule has 0 saturated carbocycles. The van der Waals surface area contributed by atoms with Crippen molar-refractivity contribution in [2.45, 2.75) is 19.9 Å². The lowest BCUT2D eigenvalue weighted by atomic mass is 10.1. The van der Waals surface area contributed by atoms with E-state index in [0.717, 1.165) is 0 Å². The summed E-state index contributed by atoms with van der Waals surface area (Å²) in [4.78, 5) is 26.3. The summed E-state index contributed by atoms with van der Waals surface area (Å²) in [6, 6.07) is 4.50. The zero-order valence-corrected chi connectivity index (χ0v) is 12.3. The Labute approximate surface area is 124 Å². The molecule has 1 saturated heterocycles. The summed E-state index contributed by atoms with van der Waals surface area (Å²) >= 11 is 0. The molecule has 2 rings (SSSR count). The van der Waals surface area contributed by atoms with Gasteiger partial charge in [0.05, 0.1) is 5.56 Å². The average Bonchev–Trinajstić information content (AvgIpc) is 2.49. The molecule has 6 heteroatoms. The predicted molar refractivity (Wildman–Crippen MR) is 79.2 cm³/mol. The van der Waals surface area contributed by atoms with Crippen molar-refractivity contribution in [2.24, 2.45) is 0 Å². The van der Waals surface area contributed by atoms with Gasteiger partial charge < -0.3 is 20.6 Å². The normalized spacial score (nSPS) is 18.4. The number of hydrogen-bond donors (Lipinski definition) is 3. The van der Waals surface area contributed by atoms with E-state index in [0.29, 0.717) is 31.7 Å².